The Labute approximate surface area is 105 Å². The molecule has 1 amide bonds. The van der Waals surface area contributed by atoms with E-state index in [0.29, 0.717) is 23.7 Å². The van der Waals surface area contributed by atoms with Crippen molar-refractivity contribution >= 4 is 29.0 Å². The largest absolute Gasteiger partial charge is 0.383 e. The summed E-state index contributed by atoms with van der Waals surface area (Å²) in [6, 6.07) is 5.10. The predicted octanol–water partition coefficient (Wildman–Crippen LogP) is 2.09. The van der Waals surface area contributed by atoms with Crippen LogP contribution in [-0.2, 0) is 4.79 Å². The van der Waals surface area contributed by atoms with Gasteiger partial charge in [-0.15, -0.1) is 0 Å². The molecule has 5 heteroatoms. The molecule has 4 nitrogen and oxygen atoms in total. The summed E-state index contributed by atoms with van der Waals surface area (Å²) < 4.78 is 0. The lowest BCUT2D eigenvalue weighted by Gasteiger charge is -2.08. The number of ketones is 1. The second-order valence-electron chi connectivity index (χ2n) is 3.69. The highest BCUT2D eigenvalue weighted by Crippen LogP contribution is 2.19. The molecule has 0 aromatic heterocycles. The molecule has 0 radical (unpaired) electrons. The van der Waals surface area contributed by atoms with Crippen molar-refractivity contribution in [3.05, 3.63) is 28.8 Å². The Morgan fingerprint density at radius 1 is 1.18 bits per heavy atom. The van der Waals surface area contributed by atoms with Gasteiger partial charge in [-0.1, -0.05) is 11.6 Å². The SMILES string of the molecule is CC(=O)NCCNc1cc(Cl)cc(C(C)=O)c1. The number of benzene rings is 1. The Morgan fingerprint density at radius 3 is 2.47 bits per heavy atom. The zero-order chi connectivity index (χ0) is 12.8. The van der Waals surface area contributed by atoms with E-state index >= 15 is 0 Å². The lowest BCUT2D eigenvalue weighted by atomic mass is 10.1. The summed E-state index contributed by atoms with van der Waals surface area (Å²) in [5.41, 5.74) is 1.34. The van der Waals surface area contributed by atoms with Crippen molar-refractivity contribution in [2.45, 2.75) is 13.8 Å². The van der Waals surface area contributed by atoms with Gasteiger partial charge in [-0.3, -0.25) is 9.59 Å². The summed E-state index contributed by atoms with van der Waals surface area (Å²) in [5, 5.41) is 6.26. The first kappa shape index (κ1) is 13.5. The molecular formula is C12H15ClN2O2. The minimum atomic E-state index is -0.0673. The van der Waals surface area contributed by atoms with Gasteiger partial charge in [0, 0.05) is 36.3 Å². The van der Waals surface area contributed by atoms with Crippen LogP contribution >= 0.6 is 11.6 Å². The van der Waals surface area contributed by atoms with Gasteiger partial charge in [-0.05, 0) is 25.1 Å². The monoisotopic (exact) mass is 254 g/mol. The van der Waals surface area contributed by atoms with Crippen LogP contribution < -0.4 is 10.6 Å². The Morgan fingerprint density at radius 2 is 1.88 bits per heavy atom. The summed E-state index contributed by atoms with van der Waals surface area (Å²) >= 11 is 5.90. The van der Waals surface area contributed by atoms with Gasteiger partial charge in [0.1, 0.15) is 0 Å². The fourth-order valence-corrected chi connectivity index (χ4v) is 1.58. The Hall–Kier alpha value is -1.55. The van der Waals surface area contributed by atoms with Crippen molar-refractivity contribution in [1.29, 1.82) is 0 Å². The van der Waals surface area contributed by atoms with Crippen LogP contribution in [0.5, 0.6) is 0 Å². The second kappa shape index (κ2) is 6.25. The molecule has 1 aromatic carbocycles. The number of hydrogen-bond acceptors (Lipinski definition) is 3. The smallest absolute Gasteiger partial charge is 0.216 e. The normalized spacial score (nSPS) is 9.82. The van der Waals surface area contributed by atoms with Crippen molar-refractivity contribution in [1.82, 2.24) is 5.32 Å². The van der Waals surface area contributed by atoms with E-state index in [4.69, 9.17) is 11.6 Å². The number of rotatable bonds is 5. The highest BCUT2D eigenvalue weighted by Gasteiger charge is 2.03. The third-order valence-corrected chi connectivity index (χ3v) is 2.35. The number of halogens is 1. The van der Waals surface area contributed by atoms with Gasteiger partial charge in [0.15, 0.2) is 5.78 Å². The van der Waals surface area contributed by atoms with Crippen LogP contribution in [0.1, 0.15) is 24.2 Å². The van der Waals surface area contributed by atoms with Crippen molar-refractivity contribution in [3.8, 4) is 0 Å². The molecule has 1 rings (SSSR count). The number of amides is 1. The number of Topliss-reactive ketones (excluding diaryl/α,β-unsaturated/α-hetero) is 1. The van der Waals surface area contributed by atoms with Gasteiger partial charge in [0.25, 0.3) is 0 Å². The highest BCUT2D eigenvalue weighted by atomic mass is 35.5. The van der Waals surface area contributed by atoms with Crippen LogP contribution in [0, 0.1) is 0 Å². The molecule has 2 N–H and O–H groups in total. The van der Waals surface area contributed by atoms with Crippen molar-refractivity contribution in [3.63, 3.8) is 0 Å². The molecule has 0 atom stereocenters. The topological polar surface area (TPSA) is 58.2 Å². The van der Waals surface area contributed by atoms with Gasteiger partial charge < -0.3 is 10.6 Å². The molecular weight excluding hydrogens is 240 g/mol. The van der Waals surface area contributed by atoms with E-state index in [1.807, 2.05) is 0 Å². The Bertz CT molecular complexity index is 433. The molecule has 0 bridgehead atoms. The fourth-order valence-electron chi connectivity index (χ4n) is 1.34. The lowest BCUT2D eigenvalue weighted by Crippen LogP contribution is -2.26. The number of hydrogen-bond donors (Lipinski definition) is 2. The molecule has 0 unspecified atom stereocenters. The van der Waals surface area contributed by atoms with E-state index in [9.17, 15) is 9.59 Å². The Kier molecular flexibility index (Phi) is 4.97. The van der Waals surface area contributed by atoms with Crippen LogP contribution in [0.2, 0.25) is 5.02 Å². The molecule has 0 fully saturated rings. The maximum atomic E-state index is 11.2. The van der Waals surface area contributed by atoms with E-state index in [1.165, 1.54) is 13.8 Å². The molecule has 0 heterocycles. The molecule has 0 aliphatic carbocycles. The first-order chi connectivity index (χ1) is 7.99. The van der Waals surface area contributed by atoms with Crippen LogP contribution in [0.4, 0.5) is 5.69 Å². The predicted molar refractivity (Wildman–Crippen MR) is 68.6 cm³/mol. The van der Waals surface area contributed by atoms with Crippen molar-refractivity contribution in [2.75, 3.05) is 18.4 Å². The second-order valence-corrected chi connectivity index (χ2v) is 4.13. The quantitative estimate of drug-likeness (QED) is 0.625. The molecule has 0 saturated heterocycles. The minimum Gasteiger partial charge on any atom is -0.383 e. The summed E-state index contributed by atoms with van der Waals surface area (Å²) in [6.45, 7) is 4.06. The van der Waals surface area contributed by atoms with Gasteiger partial charge in [0.2, 0.25) is 5.91 Å². The first-order valence-corrected chi connectivity index (χ1v) is 5.66. The number of carbonyl (C=O) groups excluding carboxylic acids is 2. The molecule has 0 aliphatic rings. The third-order valence-electron chi connectivity index (χ3n) is 2.13. The van der Waals surface area contributed by atoms with Crippen LogP contribution in [0.15, 0.2) is 18.2 Å². The van der Waals surface area contributed by atoms with E-state index < -0.39 is 0 Å². The first-order valence-electron chi connectivity index (χ1n) is 5.29. The number of nitrogens with one attached hydrogen (secondary N) is 2. The summed E-state index contributed by atoms with van der Waals surface area (Å²) in [7, 11) is 0. The third kappa shape index (κ3) is 4.87. The maximum absolute atomic E-state index is 11.2. The van der Waals surface area contributed by atoms with Gasteiger partial charge in [0.05, 0.1) is 0 Å². The van der Waals surface area contributed by atoms with E-state index in [2.05, 4.69) is 10.6 Å². The molecule has 92 valence electrons. The maximum Gasteiger partial charge on any atom is 0.216 e. The number of anilines is 1. The van der Waals surface area contributed by atoms with E-state index in [1.54, 1.807) is 18.2 Å². The molecule has 0 spiro atoms. The molecule has 17 heavy (non-hydrogen) atoms. The summed E-state index contributed by atoms with van der Waals surface area (Å²) in [5.74, 6) is -0.0975. The van der Waals surface area contributed by atoms with Gasteiger partial charge in [-0.25, -0.2) is 0 Å². The molecule has 0 aliphatic heterocycles. The van der Waals surface area contributed by atoms with E-state index in [0.717, 1.165) is 5.69 Å². The van der Waals surface area contributed by atoms with E-state index in [-0.39, 0.29) is 11.7 Å². The average molecular weight is 255 g/mol. The zero-order valence-electron chi connectivity index (χ0n) is 9.84. The van der Waals surface area contributed by atoms with Crippen LogP contribution in [0.3, 0.4) is 0 Å². The fraction of sp³-hybridized carbons (Fsp3) is 0.333. The number of carbonyl (C=O) groups is 2. The van der Waals surface area contributed by atoms with Crippen molar-refractivity contribution < 1.29 is 9.59 Å². The van der Waals surface area contributed by atoms with Gasteiger partial charge >= 0.3 is 0 Å². The molecule has 0 saturated carbocycles. The van der Waals surface area contributed by atoms with Crippen LogP contribution in [-0.4, -0.2) is 24.8 Å². The summed E-state index contributed by atoms with van der Waals surface area (Å²) in [6.07, 6.45) is 0. The van der Waals surface area contributed by atoms with Gasteiger partial charge in [-0.2, -0.15) is 0 Å². The van der Waals surface area contributed by atoms with Crippen LogP contribution in [0.25, 0.3) is 0 Å². The summed E-state index contributed by atoms with van der Waals surface area (Å²) in [4.78, 5) is 21.9. The zero-order valence-corrected chi connectivity index (χ0v) is 10.6. The Balaban J connectivity index is 2.59. The molecule has 1 aromatic rings. The van der Waals surface area contributed by atoms with Crippen molar-refractivity contribution in [2.24, 2.45) is 0 Å². The lowest BCUT2D eigenvalue weighted by molar-refractivity contribution is -0.118. The minimum absolute atomic E-state index is 0.0302. The highest BCUT2D eigenvalue weighted by molar-refractivity contribution is 6.31. The standard InChI is InChI=1S/C12H15ClN2O2/c1-8(16)10-5-11(13)7-12(6-10)15-4-3-14-9(2)17/h5-7,15H,3-4H2,1-2H3,(H,14,17). The average Bonchev–Trinajstić information content (AvgIpc) is 2.23.